The van der Waals surface area contributed by atoms with Gasteiger partial charge in [-0.3, -0.25) is 9.36 Å². The number of methoxy groups -OCH3 is 1. The van der Waals surface area contributed by atoms with E-state index in [1.165, 1.54) is 23.0 Å². The minimum absolute atomic E-state index is 0.204. The zero-order chi connectivity index (χ0) is 18.8. The molecule has 1 atom stereocenters. The van der Waals surface area contributed by atoms with Crippen LogP contribution in [0.15, 0.2) is 38.6 Å². The standard InChI is InChI=1S/C17H16N2O5S2/c1-4-24-16(22)13-9(2)18-17-19(14(13)10-6-5-7-25-10)15(21)11(26-17)8-12(20)23-3/h5-8,14H,4H2,1-3H3. The molecule has 1 unspecified atom stereocenters. The molecule has 0 radical (unpaired) electrons. The van der Waals surface area contributed by atoms with Crippen molar-refractivity contribution in [3.63, 3.8) is 0 Å². The third-order valence-corrected chi connectivity index (χ3v) is 5.69. The van der Waals surface area contributed by atoms with E-state index in [0.717, 1.165) is 22.3 Å². The number of ether oxygens (including phenoxy) is 2. The van der Waals surface area contributed by atoms with E-state index in [2.05, 4.69) is 9.73 Å². The first-order valence-corrected chi connectivity index (χ1v) is 9.48. The van der Waals surface area contributed by atoms with E-state index in [9.17, 15) is 14.4 Å². The van der Waals surface area contributed by atoms with Crippen LogP contribution in [0.25, 0.3) is 6.08 Å². The Hall–Kier alpha value is -2.52. The molecule has 136 valence electrons. The summed E-state index contributed by atoms with van der Waals surface area (Å²) in [7, 11) is 1.24. The number of carbonyl (C=O) groups excluding carboxylic acids is 2. The Bertz CT molecular complexity index is 1060. The minimum Gasteiger partial charge on any atom is -0.466 e. The molecule has 0 saturated heterocycles. The molecule has 0 fully saturated rings. The second kappa shape index (κ2) is 7.38. The highest BCUT2D eigenvalue weighted by Crippen LogP contribution is 2.33. The van der Waals surface area contributed by atoms with Crippen LogP contribution in [0.1, 0.15) is 24.8 Å². The summed E-state index contributed by atoms with van der Waals surface area (Å²) in [4.78, 5) is 42.6. The number of thiophene rings is 1. The molecular weight excluding hydrogens is 376 g/mol. The second-order valence-corrected chi connectivity index (χ2v) is 7.33. The van der Waals surface area contributed by atoms with E-state index < -0.39 is 23.5 Å². The van der Waals surface area contributed by atoms with Crippen molar-refractivity contribution in [1.29, 1.82) is 0 Å². The average Bonchev–Trinajstić information content (AvgIpc) is 3.23. The summed E-state index contributed by atoms with van der Waals surface area (Å²) in [6.07, 6.45) is 1.14. The molecule has 0 aromatic carbocycles. The summed E-state index contributed by atoms with van der Waals surface area (Å²) in [5.41, 5.74) is 0.422. The molecule has 0 spiro atoms. The van der Waals surface area contributed by atoms with Crippen LogP contribution in [0, 0.1) is 0 Å². The molecule has 9 heteroatoms. The molecule has 2 aromatic rings. The van der Waals surface area contributed by atoms with Gasteiger partial charge in [0.15, 0.2) is 4.80 Å². The number of hydrogen-bond acceptors (Lipinski definition) is 8. The predicted molar refractivity (Wildman–Crippen MR) is 97.6 cm³/mol. The van der Waals surface area contributed by atoms with Gasteiger partial charge >= 0.3 is 11.9 Å². The van der Waals surface area contributed by atoms with E-state index in [1.54, 1.807) is 13.8 Å². The third kappa shape index (κ3) is 3.15. The van der Waals surface area contributed by atoms with Crippen LogP contribution < -0.4 is 14.9 Å². The number of nitrogens with zero attached hydrogens (tertiary/aromatic N) is 2. The molecule has 3 heterocycles. The second-order valence-electron chi connectivity index (χ2n) is 5.34. The highest BCUT2D eigenvalue weighted by molar-refractivity contribution is 7.10. The number of hydrogen-bond donors (Lipinski definition) is 0. The summed E-state index contributed by atoms with van der Waals surface area (Å²) in [6.45, 7) is 3.66. The number of aromatic nitrogens is 1. The number of thiazole rings is 1. The molecule has 3 rings (SSSR count). The molecule has 0 aliphatic carbocycles. The monoisotopic (exact) mass is 392 g/mol. The van der Waals surface area contributed by atoms with Crippen molar-refractivity contribution in [2.75, 3.05) is 13.7 Å². The highest BCUT2D eigenvalue weighted by atomic mass is 32.1. The van der Waals surface area contributed by atoms with Gasteiger partial charge in [0, 0.05) is 11.0 Å². The minimum atomic E-state index is -0.634. The third-order valence-electron chi connectivity index (χ3n) is 3.78. The first-order valence-electron chi connectivity index (χ1n) is 7.79. The van der Waals surface area contributed by atoms with Gasteiger partial charge in [0.25, 0.3) is 5.56 Å². The van der Waals surface area contributed by atoms with Gasteiger partial charge in [-0.15, -0.1) is 11.3 Å². The Labute approximate surface area is 156 Å². The van der Waals surface area contributed by atoms with Crippen molar-refractivity contribution in [3.05, 3.63) is 53.3 Å². The van der Waals surface area contributed by atoms with Crippen molar-refractivity contribution in [2.24, 2.45) is 4.99 Å². The van der Waals surface area contributed by atoms with Crippen molar-refractivity contribution in [3.8, 4) is 0 Å². The van der Waals surface area contributed by atoms with Crippen LogP contribution in [0.3, 0.4) is 0 Å². The van der Waals surface area contributed by atoms with Crippen LogP contribution in [-0.4, -0.2) is 30.2 Å². The first kappa shape index (κ1) is 18.3. The van der Waals surface area contributed by atoms with Gasteiger partial charge in [0.1, 0.15) is 10.6 Å². The Morgan fingerprint density at radius 2 is 2.19 bits per heavy atom. The van der Waals surface area contributed by atoms with Crippen LogP contribution in [0.5, 0.6) is 0 Å². The molecule has 1 aliphatic heterocycles. The average molecular weight is 392 g/mol. The fraction of sp³-hybridized carbons (Fsp3) is 0.294. The summed E-state index contributed by atoms with van der Waals surface area (Å²) >= 11 is 2.51. The number of rotatable bonds is 4. The van der Waals surface area contributed by atoms with E-state index in [4.69, 9.17) is 4.74 Å². The lowest BCUT2D eigenvalue weighted by atomic mass is 10.0. The van der Waals surface area contributed by atoms with Crippen molar-refractivity contribution in [1.82, 2.24) is 4.57 Å². The predicted octanol–water partition coefficient (Wildman–Crippen LogP) is 0.984. The van der Waals surface area contributed by atoms with Gasteiger partial charge in [-0.2, -0.15) is 0 Å². The van der Waals surface area contributed by atoms with Crippen LogP contribution in [0.4, 0.5) is 0 Å². The van der Waals surface area contributed by atoms with Crippen LogP contribution >= 0.6 is 22.7 Å². The molecule has 0 saturated carbocycles. The molecular formula is C17H16N2O5S2. The van der Waals surface area contributed by atoms with E-state index >= 15 is 0 Å². The summed E-state index contributed by atoms with van der Waals surface area (Å²) in [5.74, 6) is -1.13. The Morgan fingerprint density at radius 1 is 1.42 bits per heavy atom. The number of allylic oxidation sites excluding steroid dienone is 1. The largest absolute Gasteiger partial charge is 0.466 e. The van der Waals surface area contributed by atoms with Gasteiger partial charge in [-0.1, -0.05) is 17.4 Å². The van der Waals surface area contributed by atoms with Crippen molar-refractivity contribution < 1.29 is 19.1 Å². The maximum atomic E-state index is 12.9. The molecule has 1 aliphatic rings. The maximum Gasteiger partial charge on any atom is 0.338 e. The van der Waals surface area contributed by atoms with Crippen LogP contribution in [0.2, 0.25) is 0 Å². The summed E-state index contributed by atoms with van der Waals surface area (Å²) < 4.78 is 11.4. The number of esters is 2. The molecule has 0 N–H and O–H groups in total. The topological polar surface area (TPSA) is 87.0 Å². The van der Waals surface area contributed by atoms with E-state index in [-0.39, 0.29) is 11.1 Å². The van der Waals surface area contributed by atoms with Crippen molar-refractivity contribution >= 4 is 40.7 Å². The normalized spacial score (nSPS) is 16.9. The fourth-order valence-electron chi connectivity index (χ4n) is 2.67. The summed E-state index contributed by atoms with van der Waals surface area (Å²) in [6, 6.07) is 3.07. The number of fused-ring (bicyclic) bond motifs is 1. The Morgan fingerprint density at radius 3 is 2.81 bits per heavy atom. The highest BCUT2D eigenvalue weighted by Gasteiger charge is 2.33. The van der Waals surface area contributed by atoms with Gasteiger partial charge < -0.3 is 9.47 Å². The lowest BCUT2D eigenvalue weighted by molar-refractivity contribution is -0.139. The quantitative estimate of drug-likeness (QED) is 0.724. The van der Waals surface area contributed by atoms with Gasteiger partial charge in [-0.05, 0) is 25.3 Å². The molecule has 7 nitrogen and oxygen atoms in total. The lowest BCUT2D eigenvalue weighted by Crippen LogP contribution is -2.39. The molecule has 0 amide bonds. The molecule has 0 bridgehead atoms. The molecule has 26 heavy (non-hydrogen) atoms. The zero-order valence-corrected chi connectivity index (χ0v) is 16.0. The van der Waals surface area contributed by atoms with Crippen molar-refractivity contribution in [2.45, 2.75) is 19.9 Å². The fourth-order valence-corrected chi connectivity index (χ4v) is 4.50. The lowest BCUT2D eigenvalue weighted by Gasteiger charge is -2.23. The summed E-state index contributed by atoms with van der Waals surface area (Å²) in [5, 5.41) is 1.87. The maximum absolute atomic E-state index is 12.9. The van der Waals surface area contributed by atoms with Gasteiger partial charge in [0.2, 0.25) is 0 Å². The van der Waals surface area contributed by atoms with Gasteiger partial charge in [0.05, 0.1) is 25.0 Å². The Kier molecular flexibility index (Phi) is 5.19. The first-order chi connectivity index (χ1) is 12.5. The Balaban J connectivity index is 2.28. The van der Waals surface area contributed by atoms with E-state index in [0.29, 0.717) is 16.1 Å². The molecule has 2 aromatic heterocycles. The zero-order valence-electron chi connectivity index (χ0n) is 14.3. The van der Waals surface area contributed by atoms with Gasteiger partial charge in [-0.25, -0.2) is 14.6 Å². The number of carbonyl (C=O) groups is 2. The SMILES string of the molecule is CCOC(=O)C1=C(C)N=c2sc(=CC(=O)OC)c(=O)n2C1c1cccs1. The van der Waals surface area contributed by atoms with E-state index in [1.807, 2.05) is 17.5 Å². The smallest absolute Gasteiger partial charge is 0.338 e. The van der Waals surface area contributed by atoms with Crippen LogP contribution in [-0.2, 0) is 19.1 Å².